The van der Waals surface area contributed by atoms with E-state index >= 15 is 0 Å². The maximum absolute atomic E-state index is 14.5. The highest BCUT2D eigenvalue weighted by molar-refractivity contribution is 5.03. The third kappa shape index (κ3) is 5.77. The Hall–Kier alpha value is -1.46. The van der Waals surface area contributed by atoms with Crippen LogP contribution in [0, 0.1) is 0 Å². The Bertz CT molecular complexity index is 683. The third-order valence-electron chi connectivity index (χ3n) is 4.64. The quantitative estimate of drug-likeness (QED) is 0.523. The van der Waals surface area contributed by atoms with E-state index in [0.717, 1.165) is 24.1 Å². The van der Waals surface area contributed by atoms with Crippen LogP contribution in [0.15, 0.2) is 17.1 Å². The highest BCUT2D eigenvalue weighted by atomic mass is 19.3. The summed E-state index contributed by atoms with van der Waals surface area (Å²) >= 11 is 0. The molecular weight excluding hydrogens is 372 g/mol. The van der Waals surface area contributed by atoms with E-state index in [4.69, 9.17) is 4.74 Å². The topological polar surface area (TPSA) is 82.9 Å². The number of rotatable bonds is 10. The van der Waals surface area contributed by atoms with Crippen molar-refractivity contribution < 1.29 is 18.6 Å². The van der Waals surface area contributed by atoms with Crippen LogP contribution in [0.5, 0.6) is 0 Å². The molecule has 1 fully saturated rings. The van der Waals surface area contributed by atoms with E-state index in [1.165, 1.54) is 6.20 Å². The van der Waals surface area contributed by atoms with Gasteiger partial charge in [-0.15, -0.1) is 0 Å². The zero-order valence-electron chi connectivity index (χ0n) is 16.9. The second-order valence-corrected chi connectivity index (χ2v) is 7.67. The first-order valence-corrected chi connectivity index (χ1v) is 9.42. The van der Waals surface area contributed by atoms with Crippen LogP contribution >= 0.6 is 0 Å². The van der Waals surface area contributed by atoms with Crippen LogP contribution in [-0.4, -0.2) is 97.0 Å². The van der Waals surface area contributed by atoms with Crippen LogP contribution in [0.1, 0.15) is 18.3 Å². The number of ether oxygens (including phenoxy) is 1. The first-order chi connectivity index (χ1) is 13.1. The molecule has 0 radical (unpaired) electrons. The molecule has 160 valence electrons. The summed E-state index contributed by atoms with van der Waals surface area (Å²) in [5.74, 6) is -3.59. The number of nitrogens with one attached hydrogen (secondary N) is 1. The lowest BCUT2D eigenvalue weighted by atomic mass is 10.1. The number of aromatic nitrogens is 2. The Balaban J connectivity index is 2.04. The maximum Gasteiger partial charge on any atom is 0.350 e. The molecule has 1 aromatic rings. The van der Waals surface area contributed by atoms with Gasteiger partial charge in [-0.05, 0) is 53.6 Å². The number of alkyl halides is 2. The molecule has 0 aromatic carbocycles. The van der Waals surface area contributed by atoms with Crippen molar-refractivity contribution >= 4 is 0 Å². The Morgan fingerprint density at radius 3 is 2.57 bits per heavy atom. The van der Waals surface area contributed by atoms with Crippen LogP contribution in [-0.2, 0) is 11.2 Å². The standard InChI is InChI=1S/C18H31F2N5O3/c1-23(2)9-5-6-13-7-10-25(17(27)22-13)16-18(19,20)15(26)14(28-16)12-21-8-11-24(3)4/h7,10,14-16,21,26H,5-6,8-9,11-12H2,1-4H3/t14-,15-,16-/m1/s1. The maximum atomic E-state index is 14.5. The Labute approximate surface area is 164 Å². The summed E-state index contributed by atoms with van der Waals surface area (Å²) in [5.41, 5.74) is -0.257. The zero-order valence-corrected chi connectivity index (χ0v) is 16.9. The zero-order chi connectivity index (χ0) is 20.9. The number of aliphatic hydroxyl groups is 1. The van der Waals surface area contributed by atoms with Crippen molar-refractivity contribution in [3.05, 3.63) is 28.4 Å². The number of hydrogen-bond acceptors (Lipinski definition) is 7. The molecule has 0 aliphatic carbocycles. The lowest BCUT2D eigenvalue weighted by molar-refractivity contribution is -0.140. The van der Waals surface area contributed by atoms with Crippen LogP contribution in [0.25, 0.3) is 0 Å². The summed E-state index contributed by atoms with van der Waals surface area (Å²) in [6.07, 6.45) is -2.34. The molecule has 2 rings (SSSR count). The van der Waals surface area contributed by atoms with Gasteiger partial charge in [0, 0.05) is 31.5 Å². The van der Waals surface area contributed by atoms with E-state index in [1.807, 2.05) is 38.0 Å². The molecular formula is C18H31F2N5O3. The molecule has 0 unspecified atom stereocenters. The fraction of sp³-hybridized carbons (Fsp3) is 0.778. The van der Waals surface area contributed by atoms with E-state index in [-0.39, 0.29) is 6.54 Å². The van der Waals surface area contributed by atoms with E-state index in [2.05, 4.69) is 10.3 Å². The monoisotopic (exact) mass is 403 g/mol. The molecule has 0 bridgehead atoms. The Kier molecular flexibility index (Phi) is 8.02. The normalized spacial score (nSPS) is 24.4. The van der Waals surface area contributed by atoms with Gasteiger partial charge in [0.25, 0.3) is 0 Å². The first kappa shape index (κ1) is 22.8. The third-order valence-corrected chi connectivity index (χ3v) is 4.64. The van der Waals surface area contributed by atoms with Gasteiger partial charge in [-0.2, -0.15) is 13.8 Å². The van der Waals surface area contributed by atoms with Crippen LogP contribution in [0.4, 0.5) is 8.78 Å². The van der Waals surface area contributed by atoms with Crippen LogP contribution in [0.3, 0.4) is 0 Å². The number of nitrogens with zero attached hydrogens (tertiary/aromatic N) is 4. The lowest BCUT2D eigenvalue weighted by Gasteiger charge is -2.21. The Morgan fingerprint density at radius 2 is 1.96 bits per heavy atom. The second kappa shape index (κ2) is 9.84. The number of hydrogen-bond donors (Lipinski definition) is 2. The molecule has 10 heteroatoms. The largest absolute Gasteiger partial charge is 0.384 e. The molecule has 2 heterocycles. The summed E-state index contributed by atoms with van der Waals surface area (Å²) < 4.78 is 35.2. The minimum absolute atomic E-state index is 0.0614. The number of aryl methyl sites for hydroxylation is 1. The van der Waals surface area contributed by atoms with Crippen molar-refractivity contribution in [2.24, 2.45) is 0 Å². The van der Waals surface area contributed by atoms with Crippen molar-refractivity contribution in [1.82, 2.24) is 24.7 Å². The molecule has 8 nitrogen and oxygen atoms in total. The van der Waals surface area contributed by atoms with E-state index in [0.29, 0.717) is 18.7 Å². The van der Waals surface area contributed by atoms with E-state index < -0.39 is 30.0 Å². The minimum atomic E-state index is -3.59. The smallest absolute Gasteiger partial charge is 0.350 e. The summed E-state index contributed by atoms with van der Waals surface area (Å²) in [4.78, 5) is 20.1. The highest BCUT2D eigenvalue weighted by Gasteiger charge is 2.59. The highest BCUT2D eigenvalue weighted by Crippen LogP contribution is 2.41. The number of likely N-dealkylation sites (N-methyl/N-ethyl adjacent to an activating group) is 1. The van der Waals surface area contributed by atoms with E-state index in [9.17, 15) is 18.7 Å². The van der Waals surface area contributed by atoms with Crippen molar-refractivity contribution in [2.45, 2.75) is 37.2 Å². The average molecular weight is 403 g/mol. The van der Waals surface area contributed by atoms with Gasteiger partial charge in [0.15, 0.2) is 0 Å². The van der Waals surface area contributed by atoms with Gasteiger partial charge in [-0.1, -0.05) is 0 Å². The fourth-order valence-electron chi connectivity index (χ4n) is 3.02. The molecule has 0 spiro atoms. The molecule has 1 aliphatic heterocycles. The Morgan fingerprint density at radius 1 is 1.29 bits per heavy atom. The molecule has 1 saturated heterocycles. The van der Waals surface area contributed by atoms with Gasteiger partial charge in [0.2, 0.25) is 6.23 Å². The predicted octanol–water partition coefficient (Wildman–Crippen LogP) is -0.218. The second-order valence-electron chi connectivity index (χ2n) is 7.67. The van der Waals surface area contributed by atoms with E-state index in [1.54, 1.807) is 6.07 Å². The van der Waals surface area contributed by atoms with Crippen molar-refractivity contribution in [1.29, 1.82) is 0 Å². The van der Waals surface area contributed by atoms with Gasteiger partial charge in [-0.3, -0.25) is 4.57 Å². The molecule has 3 atom stereocenters. The van der Waals surface area contributed by atoms with Gasteiger partial charge >= 0.3 is 11.6 Å². The van der Waals surface area contributed by atoms with Gasteiger partial charge < -0.3 is 25.0 Å². The summed E-state index contributed by atoms with van der Waals surface area (Å²) in [7, 11) is 7.69. The molecule has 2 N–H and O–H groups in total. The molecule has 1 aromatic heterocycles. The van der Waals surface area contributed by atoms with Crippen molar-refractivity contribution in [2.75, 3.05) is 54.4 Å². The lowest BCUT2D eigenvalue weighted by Crippen LogP contribution is -2.43. The summed E-state index contributed by atoms with van der Waals surface area (Å²) in [6.45, 7) is 2.19. The van der Waals surface area contributed by atoms with Gasteiger partial charge in [-0.25, -0.2) is 4.79 Å². The fourth-order valence-corrected chi connectivity index (χ4v) is 3.02. The summed E-state index contributed by atoms with van der Waals surface area (Å²) in [5, 5.41) is 13.0. The average Bonchev–Trinajstić information content (AvgIpc) is 2.82. The molecule has 1 aliphatic rings. The summed E-state index contributed by atoms with van der Waals surface area (Å²) in [6, 6.07) is 1.55. The predicted molar refractivity (Wildman–Crippen MR) is 102 cm³/mol. The molecule has 0 amide bonds. The van der Waals surface area contributed by atoms with Crippen LogP contribution in [0.2, 0.25) is 0 Å². The van der Waals surface area contributed by atoms with Crippen molar-refractivity contribution in [3.8, 4) is 0 Å². The minimum Gasteiger partial charge on any atom is -0.384 e. The SMILES string of the molecule is CN(C)CCCc1ccn([C@@H]2O[C@H](CNCCN(C)C)[C@@H](O)C2(F)F)c(=O)n1. The molecule has 28 heavy (non-hydrogen) atoms. The van der Waals surface area contributed by atoms with Gasteiger partial charge in [0.05, 0.1) is 0 Å². The van der Waals surface area contributed by atoms with Gasteiger partial charge in [0.1, 0.15) is 12.2 Å². The first-order valence-electron chi connectivity index (χ1n) is 9.42. The molecule has 0 saturated carbocycles. The number of aliphatic hydroxyl groups excluding tert-OH is 1. The van der Waals surface area contributed by atoms with Crippen LogP contribution < -0.4 is 11.0 Å². The van der Waals surface area contributed by atoms with Crippen molar-refractivity contribution in [3.63, 3.8) is 0 Å². The number of halogens is 2.